The zero-order valence-electron chi connectivity index (χ0n) is 11.9. The maximum atomic E-state index is 12.1. The van der Waals surface area contributed by atoms with Gasteiger partial charge in [0.1, 0.15) is 5.01 Å². The van der Waals surface area contributed by atoms with Gasteiger partial charge < -0.3 is 10.2 Å². The molecule has 0 fully saturated rings. The lowest BCUT2D eigenvalue weighted by Gasteiger charge is -2.15. The first-order chi connectivity index (χ1) is 10.7. The summed E-state index contributed by atoms with van der Waals surface area (Å²) < 4.78 is 1.61. The zero-order chi connectivity index (χ0) is 15.4. The average molecular weight is 314 g/mol. The molecule has 7 nitrogen and oxygen atoms in total. The normalized spacial score (nSPS) is 10.4. The van der Waals surface area contributed by atoms with Crippen LogP contribution in [0.3, 0.4) is 0 Å². The number of carbonyl (C=O) groups is 1. The van der Waals surface area contributed by atoms with E-state index in [2.05, 4.69) is 20.4 Å². The highest BCUT2D eigenvalue weighted by atomic mass is 32.1. The number of aromatic nitrogens is 4. The van der Waals surface area contributed by atoms with Crippen molar-refractivity contribution in [3.63, 3.8) is 0 Å². The summed E-state index contributed by atoms with van der Waals surface area (Å²) >= 11 is 1.52. The van der Waals surface area contributed by atoms with Gasteiger partial charge >= 0.3 is 6.03 Å². The monoisotopic (exact) mass is 314 g/mol. The van der Waals surface area contributed by atoms with E-state index in [1.165, 1.54) is 11.3 Å². The van der Waals surface area contributed by atoms with Crippen molar-refractivity contribution >= 4 is 23.1 Å². The van der Waals surface area contributed by atoms with Crippen LogP contribution >= 0.6 is 11.3 Å². The molecule has 8 heteroatoms. The van der Waals surface area contributed by atoms with E-state index in [1.807, 2.05) is 23.6 Å². The lowest BCUT2D eigenvalue weighted by molar-refractivity contribution is 0.220. The van der Waals surface area contributed by atoms with E-state index in [4.69, 9.17) is 0 Å². The summed E-state index contributed by atoms with van der Waals surface area (Å²) in [6.07, 6.45) is 6.72. The van der Waals surface area contributed by atoms with Crippen molar-refractivity contribution in [1.29, 1.82) is 0 Å². The third-order valence-electron chi connectivity index (χ3n) is 2.92. The Morgan fingerprint density at radius 2 is 2.27 bits per heavy atom. The number of anilines is 1. The summed E-state index contributed by atoms with van der Waals surface area (Å²) in [4.78, 5) is 22.0. The van der Waals surface area contributed by atoms with Crippen LogP contribution in [0.1, 0.15) is 5.01 Å². The van der Waals surface area contributed by atoms with E-state index in [1.54, 1.807) is 41.4 Å². The minimum atomic E-state index is -0.212. The number of rotatable bonds is 4. The predicted octanol–water partition coefficient (Wildman–Crippen LogP) is 2.39. The molecule has 0 aliphatic heterocycles. The predicted molar refractivity (Wildman–Crippen MR) is 84.0 cm³/mol. The number of nitrogens with one attached hydrogen (secondary N) is 1. The summed E-state index contributed by atoms with van der Waals surface area (Å²) in [7, 11) is 1.72. The molecule has 0 spiro atoms. The van der Waals surface area contributed by atoms with E-state index in [-0.39, 0.29) is 6.03 Å². The summed E-state index contributed by atoms with van der Waals surface area (Å²) in [5.41, 5.74) is 0.613. The average Bonchev–Trinajstić information content (AvgIpc) is 3.20. The molecular formula is C14H14N6OS. The van der Waals surface area contributed by atoms with Crippen molar-refractivity contribution in [1.82, 2.24) is 24.6 Å². The first-order valence-electron chi connectivity index (χ1n) is 6.59. The Bertz CT molecular complexity index is 740. The number of hydrogen-bond donors (Lipinski definition) is 1. The van der Waals surface area contributed by atoms with Gasteiger partial charge in [-0.2, -0.15) is 5.10 Å². The van der Waals surface area contributed by atoms with Crippen molar-refractivity contribution in [2.45, 2.75) is 6.54 Å². The van der Waals surface area contributed by atoms with Gasteiger partial charge in [0.15, 0.2) is 5.82 Å². The van der Waals surface area contributed by atoms with Crippen LogP contribution in [0.4, 0.5) is 10.5 Å². The Balaban J connectivity index is 1.63. The van der Waals surface area contributed by atoms with Gasteiger partial charge in [0.25, 0.3) is 0 Å². The summed E-state index contributed by atoms with van der Waals surface area (Å²) in [5, 5.41) is 9.76. The largest absolute Gasteiger partial charge is 0.322 e. The number of thiazole rings is 1. The lowest BCUT2D eigenvalue weighted by atomic mass is 10.5. The second-order valence-corrected chi connectivity index (χ2v) is 5.55. The highest BCUT2D eigenvalue weighted by Gasteiger charge is 2.12. The first kappa shape index (κ1) is 14.2. The lowest BCUT2D eigenvalue weighted by Crippen LogP contribution is -2.30. The van der Waals surface area contributed by atoms with Gasteiger partial charge in [-0.05, 0) is 12.1 Å². The topological polar surface area (TPSA) is 75.9 Å². The maximum Gasteiger partial charge on any atom is 0.322 e. The Morgan fingerprint density at radius 3 is 3.00 bits per heavy atom. The minimum Gasteiger partial charge on any atom is -0.321 e. The van der Waals surface area contributed by atoms with E-state index in [0.717, 1.165) is 5.01 Å². The molecule has 3 heterocycles. The number of carbonyl (C=O) groups excluding carboxylic acids is 1. The smallest absolute Gasteiger partial charge is 0.321 e. The highest BCUT2D eigenvalue weighted by Crippen LogP contribution is 2.11. The molecule has 0 aromatic carbocycles. The van der Waals surface area contributed by atoms with Crippen molar-refractivity contribution in [3.05, 3.63) is 53.4 Å². The summed E-state index contributed by atoms with van der Waals surface area (Å²) in [6, 6.07) is 5.34. The molecular weight excluding hydrogens is 300 g/mol. The molecule has 22 heavy (non-hydrogen) atoms. The Labute approximate surface area is 131 Å². The molecule has 2 amide bonds. The number of pyridine rings is 1. The molecule has 0 saturated carbocycles. The molecule has 3 rings (SSSR count). The van der Waals surface area contributed by atoms with E-state index in [0.29, 0.717) is 18.1 Å². The molecule has 3 aromatic rings. The van der Waals surface area contributed by atoms with Gasteiger partial charge in [-0.15, -0.1) is 11.3 Å². The molecule has 0 saturated heterocycles. The van der Waals surface area contributed by atoms with Crippen LogP contribution in [0, 0.1) is 0 Å². The molecule has 112 valence electrons. The molecule has 0 radical (unpaired) electrons. The standard InChI is InChI=1S/C14H14N6OS/c1-19(10-13-16-6-7-22-13)14(21)18-11-8-17-20(9-11)12-4-2-3-5-15-12/h2-9H,10H2,1H3,(H,18,21). The van der Waals surface area contributed by atoms with Gasteiger partial charge in [0, 0.05) is 24.8 Å². The molecule has 0 bridgehead atoms. The number of urea groups is 1. The number of nitrogens with zero attached hydrogens (tertiary/aromatic N) is 5. The zero-order valence-corrected chi connectivity index (χ0v) is 12.7. The molecule has 0 aliphatic carbocycles. The fourth-order valence-electron chi connectivity index (χ4n) is 1.83. The fourth-order valence-corrected chi connectivity index (χ4v) is 2.50. The number of hydrogen-bond acceptors (Lipinski definition) is 5. The van der Waals surface area contributed by atoms with Crippen molar-refractivity contribution in [2.24, 2.45) is 0 Å². The summed E-state index contributed by atoms with van der Waals surface area (Å²) in [5.74, 6) is 0.694. The van der Waals surface area contributed by atoms with E-state index < -0.39 is 0 Å². The van der Waals surface area contributed by atoms with Crippen LogP contribution in [0.2, 0.25) is 0 Å². The summed E-state index contributed by atoms with van der Waals surface area (Å²) in [6.45, 7) is 0.470. The molecule has 1 N–H and O–H groups in total. The Hall–Kier alpha value is -2.74. The third kappa shape index (κ3) is 3.29. The number of amides is 2. The van der Waals surface area contributed by atoms with Crippen LogP contribution in [-0.2, 0) is 6.54 Å². The molecule has 3 aromatic heterocycles. The quantitative estimate of drug-likeness (QED) is 0.802. The van der Waals surface area contributed by atoms with Crippen LogP contribution in [0.5, 0.6) is 0 Å². The van der Waals surface area contributed by atoms with Crippen molar-refractivity contribution in [2.75, 3.05) is 12.4 Å². The van der Waals surface area contributed by atoms with Crippen LogP contribution in [-0.4, -0.2) is 37.7 Å². The molecule has 0 atom stereocenters. The van der Waals surface area contributed by atoms with Crippen molar-refractivity contribution < 1.29 is 4.79 Å². The Kier molecular flexibility index (Phi) is 4.10. The second-order valence-electron chi connectivity index (χ2n) is 4.57. The molecule has 0 aliphatic rings. The van der Waals surface area contributed by atoms with Gasteiger partial charge in [-0.1, -0.05) is 6.07 Å². The highest BCUT2D eigenvalue weighted by molar-refractivity contribution is 7.09. The van der Waals surface area contributed by atoms with E-state index >= 15 is 0 Å². The van der Waals surface area contributed by atoms with E-state index in [9.17, 15) is 4.79 Å². The first-order valence-corrected chi connectivity index (χ1v) is 7.47. The molecule has 0 unspecified atom stereocenters. The Morgan fingerprint density at radius 1 is 1.36 bits per heavy atom. The van der Waals surface area contributed by atoms with Crippen LogP contribution in [0.15, 0.2) is 48.4 Å². The minimum absolute atomic E-state index is 0.212. The maximum absolute atomic E-state index is 12.1. The van der Waals surface area contributed by atoms with Crippen LogP contribution in [0.25, 0.3) is 5.82 Å². The van der Waals surface area contributed by atoms with Gasteiger partial charge in [-0.3, -0.25) is 0 Å². The van der Waals surface area contributed by atoms with Crippen molar-refractivity contribution in [3.8, 4) is 5.82 Å². The van der Waals surface area contributed by atoms with Gasteiger partial charge in [0.05, 0.1) is 24.6 Å². The fraction of sp³-hybridized carbons (Fsp3) is 0.143. The second kappa shape index (κ2) is 6.35. The van der Waals surface area contributed by atoms with Gasteiger partial charge in [-0.25, -0.2) is 19.4 Å². The third-order valence-corrected chi connectivity index (χ3v) is 3.68. The SMILES string of the molecule is CN(Cc1nccs1)C(=O)Nc1cnn(-c2ccccn2)c1. The van der Waals surface area contributed by atoms with Gasteiger partial charge in [0.2, 0.25) is 0 Å². The van der Waals surface area contributed by atoms with Crippen LogP contribution < -0.4 is 5.32 Å².